The number of benzene rings is 1. The summed E-state index contributed by atoms with van der Waals surface area (Å²) in [7, 11) is 1.39. The zero-order valence-corrected chi connectivity index (χ0v) is 13.9. The summed E-state index contributed by atoms with van der Waals surface area (Å²) in [6.45, 7) is 6.08. The van der Waals surface area contributed by atoms with E-state index in [1.54, 1.807) is 12.3 Å². The first-order chi connectivity index (χ1) is 10.8. The molecule has 0 atom stereocenters. The van der Waals surface area contributed by atoms with E-state index in [0.717, 1.165) is 29.4 Å². The molecular formula is C17H22F3N3. The molecule has 1 heterocycles. The Balaban J connectivity index is 2.62. The van der Waals surface area contributed by atoms with Crippen LogP contribution in [0.3, 0.4) is 0 Å². The average Bonchev–Trinajstić information content (AvgIpc) is 2.81. The molecule has 0 N–H and O–H groups in total. The molecule has 0 amide bonds. The number of rotatable bonds is 5. The van der Waals surface area contributed by atoms with Crippen LogP contribution in [0.5, 0.6) is 0 Å². The van der Waals surface area contributed by atoms with E-state index >= 15 is 0 Å². The molecular weight excluding hydrogens is 303 g/mol. The molecule has 0 saturated heterocycles. The van der Waals surface area contributed by atoms with E-state index < -0.39 is 12.0 Å². The first kappa shape index (κ1) is 17.5. The number of nitrogens with zero attached hydrogens (tertiary/aromatic N) is 3. The smallest absolute Gasteiger partial charge is 0.322 e. The molecule has 0 spiro atoms. The first-order valence-electron chi connectivity index (χ1n) is 7.85. The Morgan fingerprint density at radius 1 is 1.30 bits per heavy atom. The van der Waals surface area contributed by atoms with Gasteiger partial charge in [-0.15, -0.1) is 0 Å². The molecule has 126 valence electrons. The number of hydrogen-bond donors (Lipinski definition) is 0. The number of imidazole rings is 1. The molecule has 0 radical (unpaired) electrons. The molecule has 6 heteroatoms. The first-order valence-corrected chi connectivity index (χ1v) is 7.85. The van der Waals surface area contributed by atoms with Crippen LogP contribution in [-0.4, -0.2) is 15.8 Å². The highest BCUT2D eigenvalue weighted by Gasteiger charge is 2.37. The molecule has 3 nitrogen and oxygen atoms in total. The Morgan fingerprint density at radius 3 is 2.57 bits per heavy atom. The van der Waals surface area contributed by atoms with E-state index in [2.05, 4.69) is 16.9 Å². The molecule has 0 saturated carbocycles. The SMILES string of the molecule is CCCCC=Nc1cc(C(C)C)cc2nc(C(F)(F)F)n(C)c12. The van der Waals surface area contributed by atoms with Gasteiger partial charge in [0.05, 0.1) is 16.7 Å². The summed E-state index contributed by atoms with van der Waals surface area (Å²) in [4.78, 5) is 8.21. The van der Waals surface area contributed by atoms with Crippen LogP contribution in [0.15, 0.2) is 17.1 Å². The normalized spacial score (nSPS) is 12.9. The molecule has 0 fully saturated rings. The molecule has 0 aliphatic carbocycles. The van der Waals surface area contributed by atoms with Crippen LogP contribution in [0.25, 0.3) is 11.0 Å². The molecule has 1 aromatic carbocycles. The summed E-state index contributed by atoms with van der Waals surface area (Å²) in [5.74, 6) is -0.696. The molecule has 0 unspecified atom stereocenters. The van der Waals surface area contributed by atoms with Crippen LogP contribution in [0.4, 0.5) is 18.9 Å². The van der Waals surface area contributed by atoms with E-state index in [0.29, 0.717) is 16.7 Å². The standard InChI is InChI=1S/C17H22F3N3/c1-5-6-7-8-21-13-9-12(11(2)3)10-14-15(13)23(4)16(22-14)17(18,19)20/h8-11H,5-7H2,1-4H3. The van der Waals surface area contributed by atoms with E-state index in [9.17, 15) is 13.2 Å². The van der Waals surface area contributed by atoms with Gasteiger partial charge in [0, 0.05) is 13.3 Å². The highest BCUT2D eigenvalue weighted by molar-refractivity contribution is 5.90. The van der Waals surface area contributed by atoms with Crippen LogP contribution in [0, 0.1) is 0 Å². The monoisotopic (exact) mass is 325 g/mol. The lowest BCUT2D eigenvalue weighted by atomic mass is 10.0. The minimum Gasteiger partial charge on any atom is -0.322 e. The molecule has 0 aliphatic heterocycles. The minimum absolute atomic E-state index is 0.195. The Morgan fingerprint density at radius 2 is 2.00 bits per heavy atom. The number of aromatic nitrogens is 2. The fourth-order valence-electron chi connectivity index (χ4n) is 2.49. The van der Waals surface area contributed by atoms with E-state index in [1.165, 1.54) is 7.05 Å². The van der Waals surface area contributed by atoms with Crippen molar-refractivity contribution in [2.75, 3.05) is 0 Å². The third-order valence-electron chi connectivity index (χ3n) is 3.81. The van der Waals surface area contributed by atoms with Crippen LogP contribution < -0.4 is 0 Å². The Bertz CT molecular complexity index is 712. The Hall–Kier alpha value is -1.85. The van der Waals surface area contributed by atoms with Gasteiger partial charge in [-0.3, -0.25) is 4.99 Å². The summed E-state index contributed by atoms with van der Waals surface area (Å²) >= 11 is 0. The average molecular weight is 325 g/mol. The highest BCUT2D eigenvalue weighted by Crippen LogP contribution is 2.36. The maximum atomic E-state index is 13.1. The zero-order chi connectivity index (χ0) is 17.2. The Labute approximate surface area is 134 Å². The lowest BCUT2D eigenvalue weighted by Crippen LogP contribution is -2.12. The van der Waals surface area contributed by atoms with Gasteiger partial charge in [-0.25, -0.2) is 4.98 Å². The minimum atomic E-state index is -4.48. The Kier molecular flexibility index (Phi) is 5.12. The van der Waals surface area contributed by atoms with Crippen molar-refractivity contribution in [3.63, 3.8) is 0 Å². The summed E-state index contributed by atoms with van der Waals surface area (Å²) in [5.41, 5.74) is 2.25. The van der Waals surface area contributed by atoms with Crippen molar-refractivity contribution in [3.8, 4) is 0 Å². The second-order valence-corrected chi connectivity index (χ2v) is 6.01. The maximum absolute atomic E-state index is 13.1. The molecule has 23 heavy (non-hydrogen) atoms. The largest absolute Gasteiger partial charge is 0.449 e. The lowest BCUT2D eigenvalue weighted by Gasteiger charge is -2.09. The van der Waals surface area contributed by atoms with Crippen LogP contribution >= 0.6 is 0 Å². The predicted molar refractivity (Wildman–Crippen MR) is 87.5 cm³/mol. The van der Waals surface area contributed by atoms with Crippen LogP contribution in [-0.2, 0) is 13.2 Å². The van der Waals surface area contributed by atoms with Crippen molar-refractivity contribution >= 4 is 22.9 Å². The number of hydrogen-bond acceptors (Lipinski definition) is 2. The van der Waals surface area contributed by atoms with Gasteiger partial charge >= 0.3 is 6.18 Å². The maximum Gasteiger partial charge on any atom is 0.449 e. The zero-order valence-electron chi connectivity index (χ0n) is 13.9. The summed E-state index contributed by atoms with van der Waals surface area (Å²) in [6.07, 6.45) is 0.179. The number of unbranched alkanes of at least 4 members (excludes halogenated alkanes) is 2. The van der Waals surface area contributed by atoms with E-state index in [-0.39, 0.29) is 5.92 Å². The van der Waals surface area contributed by atoms with Gasteiger partial charge in [-0.2, -0.15) is 13.2 Å². The van der Waals surface area contributed by atoms with Gasteiger partial charge in [0.2, 0.25) is 5.82 Å². The van der Waals surface area contributed by atoms with E-state index in [4.69, 9.17) is 0 Å². The van der Waals surface area contributed by atoms with Crippen molar-refractivity contribution in [2.45, 2.75) is 52.1 Å². The number of aryl methyl sites for hydroxylation is 1. The predicted octanol–water partition coefficient (Wildman–Crippen LogP) is 5.61. The lowest BCUT2D eigenvalue weighted by molar-refractivity contribution is -0.146. The van der Waals surface area contributed by atoms with Crippen molar-refractivity contribution in [3.05, 3.63) is 23.5 Å². The highest BCUT2D eigenvalue weighted by atomic mass is 19.4. The number of alkyl halides is 3. The quantitative estimate of drug-likeness (QED) is 0.519. The van der Waals surface area contributed by atoms with Gasteiger partial charge in [0.1, 0.15) is 0 Å². The molecule has 1 aromatic heterocycles. The van der Waals surface area contributed by atoms with Gasteiger partial charge in [0.25, 0.3) is 0 Å². The van der Waals surface area contributed by atoms with Crippen molar-refractivity contribution < 1.29 is 13.2 Å². The van der Waals surface area contributed by atoms with Crippen molar-refractivity contribution in [1.82, 2.24) is 9.55 Å². The topological polar surface area (TPSA) is 30.2 Å². The number of aliphatic imine (C=N–C) groups is 1. The summed E-state index contributed by atoms with van der Waals surface area (Å²) in [5, 5.41) is 0. The fourth-order valence-corrected chi connectivity index (χ4v) is 2.49. The van der Waals surface area contributed by atoms with Crippen LogP contribution in [0.1, 0.15) is 57.3 Å². The number of halogens is 3. The molecule has 0 bridgehead atoms. The summed E-state index contributed by atoms with van der Waals surface area (Å²) in [6, 6.07) is 3.58. The second-order valence-electron chi connectivity index (χ2n) is 6.01. The van der Waals surface area contributed by atoms with Gasteiger partial charge in [0.15, 0.2) is 0 Å². The second kappa shape index (κ2) is 6.72. The fraction of sp³-hybridized carbons (Fsp3) is 0.529. The van der Waals surface area contributed by atoms with Gasteiger partial charge in [-0.1, -0.05) is 27.2 Å². The van der Waals surface area contributed by atoms with Crippen molar-refractivity contribution in [2.24, 2.45) is 12.0 Å². The van der Waals surface area contributed by atoms with Gasteiger partial charge < -0.3 is 4.57 Å². The van der Waals surface area contributed by atoms with E-state index in [1.807, 2.05) is 19.9 Å². The third kappa shape index (κ3) is 3.74. The molecule has 2 rings (SSSR count). The summed E-state index contributed by atoms with van der Waals surface area (Å²) < 4.78 is 40.4. The molecule has 0 aliphatic rings. The van der Waals surface area contributed by atoms with Crippen LogP contribution in [0.2, 0.25) is 0 Å². The number of fused-ring (bicyclic) bond motifs is 1. The third-order valence-corrected chi connectivity index (χ3v) is 3.81. The molecule has 2 aromatic rings. The van der Waals surface area contributed by atoms with Gasteiger partial charge in [-0.05, 0) is 36.5 Å². The van der Waals surface area contributed by atoms with Crippen molar-refractivity contribution in [1.29, 1.82) is 0 Å².